The Morgan fingerprint density at radius 3 is 2.48 bits per heavy atom. The second-order valence-electron chi connectivity index (χ2n) is 6.18. The minimum atomic E-state index is -3.50. The molecule has 0 unspecified atom stereocenters. The molecule has 27 heavy (non-hydrogen) atoms. The summed E-state index contributed by atoms with van der Waals surface area (Å²) in [5.74, 6) is 0.242. The van der Waals surface area contributed by atoms with E-state index >= 15 is 0 Å². The quantitative estimate of drug-likeness (QED) is 0.767. The number of anilines is 2. The molecule has 144 valence electrons. The predicted octanol–water partition coefficient (Wildman–Crippen LogP) is 1.26. The number of nitrogens with one attached hydrogen (secondary N) is 1. The summed E-state index contributed by atoms with van der Waals surface area (Å²) in [6, 6.07) is 9.95. The first-order chi connectivity index (χ1) is 12.9. The Kier molecular flexibility index (Phi) is 6.04. The fraction of sp³-hybridized carbons (Fsp3) is 0.333. The van der Waals surface area contributed by atoms with Gasteiger partial charge < -0.3 is 15.8 Å². The molecule has 3 rings (SSSR count). The molecule has 0 saturated carbocycles. The van der Waals surface area contributed by atoms with E-state index in [-0.39, 0.29) is 17.2 Å². The van der Waals surface area contributed by atoms with Crippen LogP contribution in [0.15, 0.2) is 47.5 Å². The van der Waals surface area contributed by atoms with Crippen molar-refractivity contribution in [2.45, 2.75) is 17.7 Å². The van der Waals surface area contributed by atoms with Crippen LogP contribution in [0.5, 0.6) is 0 Å². The number of rotatable bonds is 6. The van der Waals surface area contributed by atoms with E-state index in [1.54, 1.807) is 36.4 Å². The van der Waals surface area contributed by atoms with Crippen molar-refractivity contribution in [3.05, 3.63) is 48.2 Å². The van der Waals surface area contributed by atoms with E-state index in [9.17, 15) is 13.2 Å². The SMILES string of the molecule is Nc1ccc(NC(=O)CCc2ccc(S(=O)(=O)N3CCOCC3)cc2)cn1. The molecule has 0 spiro atoms. The van der Waals surface area contributed by atoms with Gasteiger partial charge in [0.05, 0.1) is 30.0 Å². The smallest absolute Gasteiger partial charge is 0.243 e. The molecule has 2 aromatic rings. The van der Waals surface area contributed by atoms with Crippen molar-refractivity contribution in [1.29, 1.82) is 0 Å². The molecule has 0 radical (unpaired) electrons. The number of nitrogens with two attached hydrogens (primary N) is 1. The third-order valence-electron chi connectivity index (χ3n) is 4.24. The van der Waals surface area contributed by atoms with Crippen molar-refractivity contribution in [3.63, 3.8) is 0 Å². The monoisotopic (exact) mass is 390 g/mol. The van der Waals surface area contributed by atoms with Gasteiger partial charge in [0, 0.05) is 19.5 Å². The molecule has 0 bridgehead atoms. The normalized spacial score (nSPS) is 15.4. The maximum absolute atomic E-state index is 12.6. The van der Waals surface area contributed by atoms with Crippen LogP contribution in [0.2, 0.25) is 0 Å². The van der Waals surface area contributed by atoms with Crippen LogP contribution < -0.4 is 11.1 Å². The number of morpholine rings is 1. The number of carbonyl (C=O) groups excluding carboxylic acids is 1. The number of carbonyl (C=O) groups is 1. The summed E-state index contributed by atoms with van der Waals surface area (Å²) in [7, 11) is -3.50. The molecular weight excluding hydrogens is 368 g/mol. The highest BCUT2D eigenvalue weighted by atomic mass is 32.2. The minimum Gasteiger partial charge on any atom is -0.384 e. The van der Waals surface area contributed by atoms with E-state index in [0.29, 0.717) is 44.2 Å². The number of benzene rings is 1. The number of hydrogen-bond acceptors (Lipinski definition) is 6. The molecule has 3 N–H and O–H groups in total. The zero-order chi connectivity index (χ0) is 19.3. The molecule has 1 fully saturated rings. The van der Waals surface area contributed by atoms with Gasteiger partial charge in [0.25, 0.3) is 0 Å². The Labute approximate surface area is 158 Å². The zero-order valence-electron chi connectivity index (χ0n) is 14.8. The number of hydrogen-bond donors (Lipinski definition) is 2. The first kappa shape index (κ1) is 19.3. The van der Waals surface area contributed by atoms with Gasteiger partial charge in [0.1, 0.15) is 5.82 Å². The van der Waals surface area contributed by atoms with Crippen LogP contribution in [0.25, 0.3) is 0 Å². The molecule has 0 aliphatic carbocycles. The Bertz CT molecular complexity index is 877. The summed E-state index contributed by atoms with van der Waals surface area (Å²) in [5, 5.41) is 2.75. The number of sulfonamides is 1. The number of ether oxygens (including phenoxy) is 1. The van der Waals surface area contributed by atoms with Gasteiger partial charge in [0.15, 0.2) is 0 Å². The van der Waals surface area contributed by atoms with E-state index in [0.717, 1.165) is 5.56 Å². The second-order valence-corrected chi connectivity index (χ2v) is 8.12. The van der Waals surface area contributed by atoms with Gasteiger partial charge in [0.2, 0.25) is 15.9 Å². The molecule has 2 heterocycles. The Morgan fingerprint density at radius 2 is 1.85 bits per heavy atom. The first-order valence-electron chi connectivity index (χ1n) is 8.63. The molecular formula is C18H22N4O4S. The van der Waals surface area contributed by atoms with Gasteiger partial charge in [-0.05, 0) is 36.2 Å². The number of aromatic nitrogens is 1. The average Bonchev–Trinajstić information content (AvgIpc) is 2.69. The molecule has 0 atom stereocenters. The van der Waals surface area contributed by atoms with E-state index in [2.05, 4.69) is 10.3 Å². The van der Waals surface area contributed by atoms with Crippen LogP contribution in [0.1, 0.15) is 12.0 Å². The van der Waals surface area contributed by atoms with Crippen molar-refractivity contribution in [1.82, 2.24) is 9.29 Å². The number of aryl methyl sites for hydroxylation is 1. The Balaban J connectivity index is 1.55. The van der Waals surface area contributed by atoms with Crippen LogP contribution in [0.3, 0.4) is 0 Å². The number of pyridine rings is 1. The summed E-state index contributed by atoms with van der Waals surface area (Å²) in [4.78, 5) is 16.2. The lowest BCUT2D eigenvalue weighted by Gasteiger charge is -2.26. The lowest BCUT2D eigenvalue weighted by molar-refractivity contribution is -0.116. The standard InChI is InChI=1S/C18H22N4O4S/c19-17-7-4-15(13-20-17)21-18(23)8-3-14-1-5-16(6-2-14)27(24,25)22-9-11-26-12-10-22/h1-2,4-7,13H,3,8-12H2,(H2,19,20)(H,21,23). The zero-order valence-corrected chi connectivity index (χ0v) is 15.6. The topological polar surface area (TPSA) is 115 Å². The molecule has 9 heteroatoms. The summed E-state index contributed by atoms with van der Waals surface area (Å²) < 4.78 is 31.8. The summed E-state index contributed by atoms with van der Waals surface area (Å²) in [6.45, 7) is 1.56. The number of amides is 1. The highest BCUT2D eigenvalue weighted by Crippen LogP contribution is 2.18. The fourth-order valence-electron chi connectivity index (χ4n) is 2.72. The third kappa shape index (κ3) is 5.03. The van der Waals surface area contributed by atoms with E-state index < -0.39 is 10.0 Å². The van der Waals surface area contributed by atoms with E-state index in [4.69, 9.17) is 10.5 Å². The van der Waals surface area contributed by atoms with Gasteiger partial charge in [-0.1, -0.05) is 12.1 Å². The summed E-state index contributed by atoms with van der Waals surface area (Å²) >= 11 is 0. The molecule has 1 aliphatic rings. The highest BCUT2D eigenvalue weighted by molar-refractivity contribution is 7.89. The average molecular weight is 390 g/mol. The van der Waals surface area contributed by atoms with Crippen molar-refractivity contribution in [3.8, 4) is 0 Å². The van der Waals surface area contributed by atoms with Gasteiger partial charge in [-0.3, -0.25) is 4.79 Å². The Hall–Kier alpha value is -2.49. The Morgan fingerprint density at radius 1 is 1.15 bits per heavy atom. The summed E-state index contributed by atoms with van der Waals surface area (Å²) in [5.41, 5.74) is 6.98. The lowest BCUT2D eigenvalue weighted by Crippen LogP contribution is -2.40. The first-order valence-corrected chi connectivity index (χ1v) is 10.1. The van der Waals surface area contributed by atoms with Crippen LogP contribution in [-0.2, 0) is 26.0 Å². The highest BCUT2D eigenvalue weighted by Gasteiger charge is 2.26. The van der Waals surface area contributed by atoms with Crippen molar-refractivity contribution < 1.29 is 17.9 Å². The number of nitrogen functional groups attached to an aromatic ring is 1. The van der Waals surface area contributed by atoms with E-state index in [1.165, 1.54) is 10.5 Å². The lowest BCUT2D eigenvalue weighted by atomic mass is 10.1. The fourth-order valence-corrected chi connectivity index (χ4v) is 4.13. The predicted molar refractivity (Wildman–Crippen MR) is 102 cm³/mol. The number of nitrogens with zero attached hydrogens (tertiary/aromatic N) is 2. The van der Waals surface area contributed by atoms with Crippen molar-refractivity contribution >= 4 is 27.4 Å². The van der Waals surface area contributed by atoms with Crippen LogP contribution in [0.4, 0.5) is 11.5 Å². The summed E-state index contributed by atoms with van der Waals surface area (Å²) in [6.07, 6.45) is 2.28. The second kappa shape index (κ2) is 8.47. The van der Waals surface area contributed by atoms with Gasteiger partial charge in [-0.15, -0.1) is 0 Å². The van der Waals surface area contributed by atoms with Gasteiger partial charge in [-0.2, -0.15) is 4.31 Å². The third-order valence-corrected chi connectivity index (χ3v) is 6.15. The molecule has 1 saturated heterocycles. The molecule has 1 aromatic heterocycles. The molecule has 8 nitrogen and oxygen atoms in total. The largest absolute Gasteiger partial charge is 0.384 e. The molecule has 1 aromatic carbocycles. The van der Waals surface area contributed by atoms with Crippen LogP contribution in [-0.4, -0.2) is 49.9 Å². The molecule has 1 aliphatic heterocycles. The minimum absolute atomic E-state index is 0.147. The maximum Gasteiger partial charge on any atom is 0.243 e. The van der Waals surface area contributed by atoms with Crippen molar-refractivity contribution in [2.24, 2.45) is 0 Å². The maximum atomic E-state index is 12.6. The van der Waals surface area contributed by atoms with Gasteiger partial charge >= 0.3 is 0 Å². The van der Waals surface area contributed by atoms with Crippen molar-refractivity contribution in [2.75, 3.05) is 37.4 Å². The van der Waals surface area contributed by atoms with Gasteiger partial charge in [-0.25, -0.2) is 13.4 Å². The van der Waals surface area contributed by atoms with Crippen LogP contribution >= 0.6 is 0 Å². The van der Waals surface area contributed by atoms with E-state index in [1.807, 2.05) is 0 Å². The van der Waals surface area contributed by atoms with Crippen LogP contribution in [0, 0.1) is 0 Å². The molecule has 1 amide bonds.